The monoisotopic (exact) mass is 125 g/mol. The Balaban J connectivity index is 1.97. The molecular weight excluding hydrogens is 122 g/mol. The van der Waals surface area contributed by atoms with Crippen molar-refractivity contribution in [3.63, 3.8) is 0 Å². The lowest BCUT2D eigenvalue weighted by Gasteiger charge is -1.77. The van der Waals surface area contributed by atoms with E-state index in [2.05, 4.69) is 25.5 Å². The molecule has 0 bridgehead atoms. The van der Waals surface area contributed by atoms with Crippen LogP contribution in [0.15, 0.2) is 0 Å². The molecule has 0 aromatic rings. The van der Waals surface area contributed by atoms with Gasteiger partial charge in [-0.3, -0.25) is 4.84 Å². The maximum atomic E-state index is 4.21. The van der Waals surface area contributed by atoms with Gasteiger partial charge in [-0.15, -0.1) is 4.51 Å². The largest absolute Gasteiger partial charge is 0.294 e. The van der Waals surface area contributed by atoms with Gasteiger partial charge in [0.25, 0.3) is 0 Å². The number of nitrogens with one attached hydrogen (secondary N) is 1. The second-order valence-electron chi connectivity index (χ2n) is 0.281. The molecule has 0 aliphatic heterocycles. The summed E-state index contributed by atoms with van der Waals surface area (Å²) in [6, 6.07) is 0. The van der Waals surface area contributed by atoms with Crippen molar-refractivity contribution in [1.82, 2.24) is 4.51 Å². The van der Waals surface area contributed by atoms with Crippen LogP contribution in [0.5, 0.6) is 0 Å². The predicted molar refractivity (Wildman–Crippen MR) is 19.1 cm³/mol. The molecule has 0 heterocycles. The van der Waals surface area contributed by atoms with E-state index >= 15 is 0 Å². The summed E-state index contributed by atoms with van der Waals surface area (Å²) in [6.45, 7) is 0. The van der Waals surface area contributed by atoms with Crippen molar-refractivity contribution in [2.24, 2.45) is 0 Å². The van der Waals surface area contributed by atoms with Gasteiger partial charge in [-0.2, -0.15) is 0 Å². The summed E-state index contributed by atoms with van der Waals surface area (Å²) in [5, 5.41) is 0. The molecule has 0 unspecified atom stereocenters. The van der Waals surface area contributed by atoms with E-state index in [1.54, 1.807) is 0 Å². The fourth-order valence-electron chi connectivity index (χ4n) is 0. The summed E-state index contributed by atoms with van der Waals surface area (Å²) in [6.07, 6.45) is 0. The minimum Gasteiger partial charge on any atom is -0.294 e. The third-order valence-corrected chi connectivity index (χ3v) is 0.401. The van der Waals surface area contributed by atoms with Crippen LogP contribution in [0.25, 0.3) is 0 Å². The molecule has 0 fully saturated rings. The smallest absolute Gasteiger partial charge is 0.0583 e. The van der Waals surface area contributed by atoms with E-state index in [-0.39, 0.29) is 0 Å². The van der Waals surface area contributed by atoms with Gasteiger partial charge in [-0.05, 0) is 0 Å². The highest BCUT2D eigenvalue weighted by Gasteiger charge is 1.49. The van der Waals surface area contributed by atoms with E-state index in [9.17, 15) is 0 Å². The standard InChI is InChI=1S/CH4BrNO/c1-4-3-2/h3H,1H3. The van der Waals surface area contributed by atoms with Crippen LogP contribution in [0.3, 0.4) is 0 Å². The first kappa shape index (κ1) is 4.40. The molecule has 0 aromatic heterocycles. The minimum atomic E-state index is 1.52. The molecule has 0 saturated heterocycles. The molecule has 0 aliphatic carbocycles. The van der Waals surface area contributed by atoms with Gasteiger partial charge in [0.15, 0.2) is 0 Å². The molecule has 4 heavy (non-hydrogen) atoms. The third-order valence-electron chi connectivity index (χ3n) is 0.0772. The molecule has 0 saturated carbocycles. The maximum absolute atomic E-state index is 4.21. The van der Waals surface area contributed by atoms with Crippen molar-refractivity contribution in [3.05, 3.63) is 0 Å². The van der Waals surface area contributed by atoms with Crippen molar-refractivity contribution in [2.75, 3.05) is 7.11 Å². The van der Waals surface area contributed by atoms with E-state index in [1.165, 1.54) is 7.11 Å². The average Bonchev–Trinajstić information content (AvgIpc) is 1.37. The molecule has 2 nitrogen and oxygen atoms in total. The lowest BCUT2D eigenvalue weighted by molar-refractivity contribution is 0.169. The fraction of sp³-hybridized carbons (Fsp3) is 1.00. The highest BCUT2D eigenvalue weighted by molar-refractivity contribution is 9.07. The summed E-state index contributed by atoms with van der Waals surface area (Å²) >= 11 is 2.78. The lowest BCUT2D eigenvalue weighted by Crippen LogP contribution is -1.89. The first-order chi connectivity index (χ1) is 1.91. The van der Waals surface area contributed by atoms with Crippen LogP contribution >= 0.6 is 16.1 Å². The summed E-state index contributed by atoms with van der Waals surface area (Å²) in [4.78, 5) is 4.21. The van der Waals surface area contributed by atoms with Gasteiger partial charge in [0.1, 0.15) is 0 Å². The first-order valence-electron chi connectivity index (χ1n) is 0.801. The Labute approximate surface area is 33.4 Å². The molecule has 26 valence electrons. The Bertz CT molecular complexity index is 10.0. The van der Waals surface area contributed by atoms with Crippen molar-refractivity contribution in [2.45, 2.75) is 0 Å². The Morgan fingerprint density at radius 2 is 2.25 bits per heavy atom. The topological polar surface area (TPSA) is 21.3 Å². The van der Waals surface area contributed by atoms with Gasteiger partial charge in [-0.25, -0.2) is 0 Å². The SMILES string of the molecule is CONBr. The van der Waals surface area contributed by atoms with E-state index < -0.39 is 0 Å². The zero-order valence-corrected chi connectivity index (χ0v) is 3.87. The molecule has 0 rings (SSSR count). The van der Waals surface area contributed by atoms with Crippen molar-refractivity contribution < 1.29 is 4.84 Å². The summed E-state index contributed by atoms with van der Waals surface area (Å²) in [5.41, 5.74) is 0. The Hall–Kier alpha value is 0.400. The molecule has 0 aliphatic rings. The fourth-order valence-corrected chi connectivity index (χ4v) is 0. The maximum Gasteiger partial charge on any atom is 0.0583 e. The quantitative estimate of drug-likeness (QED) is 0.406. The zero-order chi connectivity index (χ0) is 3.41. The normalized spacial score (nSPS) is 7.50. The van der Waals surface area contributed by atoms with Crippen molar-refractivity contribution in [1.29, 1.82) is 0 Å². The molecule has 0 radical (unpaired) electrons. The molecule has 0 amide bonds. The number of hydrogen-bond donors (Lipinski definition) is 1. The van der Waals surface area contributed by atoms with Crippen LogP contribution in [0.4, 0.5) is 0 Å². The van der Waals surface area contributed by atoms with Gasteiger partial charge >= 0.3 is 0 Å². The summed E-state index contributed by atoms with van der Waals surface area (Å²) in [5.74, 6) is 0. The Morgan fingerprint density at radius 1 is 2.00 bits per heavy atom. The molecule has 0 atom stereocenters. The van der Waals surface area contributed by atoms with Gasteiger partial charge in [0.05, 0.1) is 7.11 Å². The second kappa shape index (κ2) is 3.40. The molecule has 0 spiro atoms. The van der Waals surface area contributed by atoms with Crippen molar-refractivity contribution >= 4 is 16.1 Å². The lowest BCUT2D eigenvalue weighted by atomic mass is 11.7. The minimum absolute atomic E-state index is 1.52. The third kappa shape index (κ3) is 2.40. The highest BCUT2D eigenvalue weighted by atomic mass is 79.9. The number of halogens is 1. The van der Waals surface area contributed by atoms with Crippen LogP contribution in [-0.2, 0) is 4.84 Å². The van der Waals surface area contributed by atoms with E-state index in [0.29, 0.717) is 0 Å². The molecule has 0 aromatic carbocycles. The van der Waals surface area contributed by atoms with Crippen LogP contribution in [-0.4, -0.2) is 7.11 Å². The summed E-state index contributed by atoms with van der Waals surface area (Å²) in [7, 11) is 1.52. The highest BCUT2D eigenvalue weighted by Crippen LogP contribution is 1.58. The van der Waals surface area contributed by atoms with E-state index in [1.807, 2.05) is 0 Å². The Kier molecular flexibility index (Phi) is 3.74. The van der Waals surface area contributed by atoms with Gasteiger partial charge in [-0.1, -0.05) is 0 Å². The second-order valence-corrected chi connectivity index (χ2v) is 0.605. The average molecular weight is 126 g/mol. The van der Waals surface area contributed by atoms with E-state index in [0.717, 1.165) is 0 Å². The van der Waals surface area contributed by atoms with Gasteiger partial charge in [0, 0.05) is 16.1 Å². The first-order valence-corrected chi connectivity index (χ1v) is 1.59. The van der Waals surface area contributed by atoms with Gasteiger partial charge < -0.3 is 0 Å². The summed E-state index contributed by atoms with van der Waals surface area (Å²) < 4.78 is 2.24. The predicted octanol–water partition coefficient (Wildman–Crippen LogP) is 0.447. The molecule has 3 heteroatoms. The van der Waals surface area contributed by atoms with Crippen LogP contribution in [0.1, 0.15) is 0 Å². The van der Waals surface area contributed by atoms with Crippen LogP contribution in [0, 0.1) is 0 Å². The number of hydrogen-bond acceptors (Lipinski definition) is 2. The molecular formula is CH4BrNO. The van der Waals surface area contributed by atoms with Crippen LogP contribution < -0.4 is 4.51 Å². The number of rotatable bonds is 1. The van der Waals surface area contributed by atoms with Crippen LogP contribution in [0.2, 0.25) is 0 Å². The van der Waals surface area contributed by atoms with E-state index in [4.69, 9.17) is 0 Å². The van der Waals surface area contributed by atoms with Gasteiger partial charge in [0.2, 0.25) is 0 Å². The zero-order valence-electron chi connectivity index (χ0n) is 2.29. The Morgan fingerprint density at radius 3 is 2.25 bits per heavy atom. The van der Waals surface area contributed by atoms with Crippen molar-refractivity contribution in [3.8, 4) is 0 Å². The molecule has 1 N–H and O–H groups in total.